The monoisotopic (exact) mass is 281 g/mol. The maximum Gasteiger partial charge on any atom is 0.244 e. The van der Waals surface area contributed by atoms with Gasteiger partial charge in [-0.05, 0) is 37.3 Å². The molecule has 3 aromatic heterocycles. The molecule has 0 aliphatic rings. The van der Waals surface area contributed by atoms with Crippen molar-refractivity contribution in [3.05, 3.63) is 66.0 Å². The summed E-state index contributed by atoms with van der Waals surface area (Å²) in [5.74, 6) is 0.479. The van der Waals surface area contributed by atoms with E-state index in [1.54, 1.807) is 24.5 Å². The van der Waals surface area contributed by atoms with Crippen LogP contribution in [0.3, 0.4) is 0 Å². The molecule has 0 saturated heterocycles. The van der Waals surface area contributed by atoms with Gasteiger partial charge in [-0.1, -0.05) is 6.07 Å². The zero-order valence-corrected chi connectivity index (χ0v) is 11.6. The third-order valence-corrected chi connectivity index (χ3v) is 3.20. The van der Waals surface area contributed by atoms with E-state index < -0.39 is 0 Å². The number of rotatable bonds is 4. The van der Waals surface area contributed by atoms with Gasteiger partial charge in [0.25, 0.3) is 0 Å². The van der Waals surface area contributed by atoms with Crippen molar-refractivity contribution in [2.24, 2.45) is 0 Å². The number of amides is 1. The summed E-state index contributed by atoms with van der Waals surface area (Å²) in [5.41, 5.74) is 2.77. The number of imidazole rings is 1. The number of hydrogen-bond donors (Lipinski definition) is 1. The Balaban J connectivity index is 1.69. The highest BCUT2D eigenvalue weighted by Crippen LogP contribution is 2.11. The third-order valence-electron chi connectivity index (χ3n) is 3.20. The maximum absolute atomic E-state index is 11.8. The Labute approximate surface area is 121 Å². The molecule has 0 aromatic carbocycles. The Kier molecular flexibility index (Phi) is 3.55. The first-order chi connectivity index (χ1) is 10.2. The van der Waals surface area contributed by atoms with Crippen molar-refractivity contribution in [2.45, 2.75) is 13.5 Å². The molecule has 5 heteroatoms. The van der Waals surface area contributed by atoms with Gasteiger partial charge in [0.15, 0.2) is 0 Å². The lowest BCUT2D eigenvalue weighted by molar-refractivity contribution is -0.116. The molecule has 1 amide bonds. The van der Waals surface area contributed by atoms with Crippen LogP contribution in [0.5, 0.6) is 0 Å². The van der Waals surface area contributed by atoms with Crippen LogP contribution in [0.1, 0.15) is 17.1 Å². The van der Waals surface area contributed by atoms with Gasteiger partial charge in [0, 0.05) is 12.3 Å². The van der Waals surface area contributed by atoms with E-state index in [0.717, 1.165) is 17.0 Å². The summed E-state index contributed by atoms with van der Waals surface area (Å²) >= 11 is 0. The molecule has 3 rings (SSSR count). The molecule has 0 radical (unpaired) electrons. The molecule has 0 bridgehead atoms. The molecule has 3 heterocycles. The molecule has 106 valence electrons. The summed E-state index contributed by atoms with van der Waals surface area (Å²) in [6.45, 7) is 2.37. The number of fused-ring (bicyclic) bond motifs is 1. The van der Waals surface area contributed by atoms with E-state index in [0.29, 0.717) is 12.3 Å². The molecule has 21 heavy (non-hydrogen) atoms. The number of nitrogens with one attached hydrogen (secondary N) is 1. The summed E-state index contributed by atoms with van der Waals surface area (Å²) in [5, 5.41) is 2.85. The lowest BCUT2D eigenvalue weighted by atomic mass is 10.3. The van der Waals surface area contributed by atoms with Crippen LogP contribution in [0, 0.1) is 6.92 Å². The van der Waals surface area contributed by atoms with Gasteiger partial charge in [-0.2, -0.15) is 0 Å². The van der Waals surface area contributed by atoms with E-state index >= 15 is 0 Å². The highest BCUT2D eigenvalue weighted by molar-refractivity contribution is 5.91. The maximum atomic E-state index is 11.8. The second-order valence-corrected chi connectivity index (χ2v) is 4.64. The van der Waals surface area contributed by atoms with E-state index in [2.05, 4.69) is 10.3 Å². The van der Waals surface area contributed by atoms with Crippen LogP contribution in [-0.4, -0.2) is 15.3 Å². The number of hydrogen-bond acceptors (Lipinski definition) is 3. The first-order valence-electron chi connectivity index (χ1n) is 6.66. The molecule has 0 fully saturated rings. The van der Waals surface area contributed by atoms with Crippen molar-refractivity contribution in [3.63, 3.8) is 0 Å². The fraction of sp³-hybridized carbons (Fsp3) is 0.125. The summed E-state index contributed by atoms with van der Waals surface area (Å²) in [4.78, 5) is 16.3. The highest BCUT2D eigenvalue weighted by atomic mass is 16.3. The van der Waals surface area contributed by atoms with Gasteiger partial charge >= 0.3 is 0 Å². The summed E-state index contributed by atoms with van der Waals surface area (Å²) in [7, 11) is 0. The molecule has 5 nitrogen and oxygen atoms in total. The normalized spacial score (nSPS) is 11.3. The van der Waals surface area contributed by atoms with Crippen molar-refractivity contribution in [1.29, 1.82) is 0 Å². The summed E-state index contributed by atoms with van der Waals surface area (Å²) in [6.07, 6.45) is 6.60. The predicted octanol–water partition coefficient (Wildman–Crippen LogP) is 2.57. The van der Waals surface area contributed by atoms with Gasteiger partial charge in [0.2, 0.25) is 5.91 Å². The van der Waals surface area contributed by atoms with Gasteiger partial charge in [0.1, 0.15) is 11.4 Å². The zero-order valence-electron chi connectivity index (χ0n) is 11.6. The molecule has 1 N–H and O–H groups in total. The van der Waals surface area contributed by atoms with E-state index in [1.165, 1.54) is 6.08 Å². The Morgan fingerprint density at radius 2 is 2.29 bits per heavy atom. The zero-order chi connectivity index (χ0) is 14.7. The second-order valence-electron chi connectivity index (χ2n) is 4.64. The molecule has 0 spiro atoms. The van der Waals surface area contributed by atoms with Crippen molar-refractivity contribution >= 4 is 17.6 Å². The molecule has 0 aliphatic heterocycles. The van der Waals surface area contributed by atoms with Crippen molar-refractivity contribution < 1.29 is 9.21 Å². The van der Waals surface area contributed by atoms with Crippen LogP contribution in [0.2, 0.25) is 0 Å². The lowest BCUT2D eigenvalue weighted by Crippen LogP contribution is -2.21. The van der Waals surface area contributed by atoms with Gasteiger partial charge in [-0.15, -0.1) is 0 Å². The average Bonchev–Trinajstić information content (AvgIpc) is 3.10. The number of carbonyl (C=O) groups excluding carboxylic acids is 1. The van der Waals surface area contributed by atoms with Crippen molar-refractivity contribution in [2.75, 3.05) is 0 Å². The number of nitrogens with zero attached hydrogens (tertiary/aromatic N) is 2. The Hall–Kier alpha value is -2.82. The Bertz CT molecular complexity index is 785. The minimum Gasteiger partial charge on any atom is -0.465 e. The number of aromatic nitrogens is 2. The number of furan rings is 1. The van der Waals surface area contributed by atoms with Crippen LogP contribution in [0.15, 0.2) is 53.3 Å². The van der Waals surface area contributed by atoms with Crippen LogP contribution < -0.4 is 5.32 Å². The van der Waals surface area contributed by atoms with Gasteiger partial charge in [-0.25, -0.2) is 4.98 Å². The number of aryl methyl sites for hydroxylation is 1. The van der Waals surface area contributed by atoms with Crippen LogP contribution in [0.25, 0.3) is 11.7 Å². The molecule has 0 aliphatic carbocycles. The largest absolute Gasteiger partial charge is 0.465 e. The fourth-order valence-electron chi connectivity index (χ4n) is 2.15. The molecule has 0 atom stereocenters. The lowest BCUT2D eigenvalue weighted by Gasteiger charge is -2.03. The number of pyridine rings is 1. The van der Waals surface area contributed by atoms with Gasteiger partial charge in [-0.3, -0.25) is 4.79 Å². The smallest absolute Gasteiger partial charge is 0.244 e. The van der Waals surface area contributed by atoms with E-state index in [9.17, 15) is 4.79 Å². The minimum absolute atomic E-state index is 0.170. The molecular formula is C16H15N3O2. The minimum atomic E-state index is -0.170. The van der Waals surface area contributed by atoms with Crippen molar-refractivity contribution in [1.82, 2.24) is 14.7 Å². The first kappa shape index (κ1) is 13.2. The SMILES string of the molecule is Cc1nc2ccccn2c1CNC(=O)/C=C/c1ccco1. The fourth-order valence-corrected chi connectivity index (χ4v) is 2.15. The van der Waals surface area contributed by atoms with E-state index in [1.807, 2.05) is 35.7 Å². The van der Waals surface area contributed by atoms with Crippen molar-refractivity contribution in [3.8, 4) is 0 Å². The van der Waals surface area contributed by atoms with Crippen LogP contribution in [-0.2, 0) is 11.3 Å². The summed E-state index contributed by atoms with van der Waals surface area (Å²) < 4.78 is 7.11. The second kappa shape index (κ2) is 5.66. The van der Waals surface area contributed by atoms with E-state index in [4.69, 9.17) is 4.42 Å². The first-order valence-corrected chi connectivity index (χ1v) is 6.66. The van der Waals surface area contributed by atoms with Crippen LogP contribution in [0.4, 0.5) is 0 Å². The topological polar surface area (TPSA) is 59.5 Å². The Morgan fingerprint density at radius 3 is 3.10 bits per heavy atom. The highest BCUT2D eigenvalue weighted by Gasteiger charge is 2.08. The third kappa shape index (κ3) is 2.86. The molecule has 3 aromatic rings. The molecule has 0 saturated carbocycles. The standard InChI is InChI=1S/C16H15N3O2/c1-12-14(19-9-3-2-6-15(19)18-12)11-17-16(20)8-7-13-5-4-10-21-13/h2-10H,11H2,1H3,(H,17,20)/b8-7+. The Morgan fingerprint density at radius 1 is 1.38 bits per heavy atom. The van der Waals surface area contributed by atoms with Crippen LogP contribution >= 0.6 is 0 Å². The number of carbonyl (C=O) groups is 1. The molecule has 0 unspecified atom stereocenters. The average molecular weight is 281 g/mol. The molecular weight excluding hydrogens is 266 g/mol. The quantitative estimate of drug-likeness (QED) is 0.748. The summed E-state index contributed by atoms with van der Waals surface area (Å²) in [6, 6.07) is 9.39. The van der Waals surface area contributed by atoms with E-state index in [-0.39, 0.29) is 5.91 Å². The van der Waals surface area contributed by atoms with Gasteiger partial charge in [0.05, 0.1) is 24.2 Å². The predicted molar refractivity (Wildman–Crippen MR) is 79.5 cm³/mol. The van der Waals surface area contributed by atoms with Gasteiger partial charge < -0.3 is 14.1 Å².